The third kappa shape index (κ3) is 2.18. The second-order valence-corrected chi connectivity index (χ2v) is 6.00. The van der Waals surface area contributed by atoms with Gasteiger partial charge in [-0.25, -0.2) is 0 Å². The van der Waals surface area contributed by atoms with Crippen LogP contribution in [0.15, 0.2) is 84.1 Å². The van der Waals surface area contributed by atoms with Crippen LogP contribution in [0.4, 0.5) is 5.69 Å². The molecule has 0 spiro atoms. The summed E-state index contributed by atoms with van der Waals surface area (Å²) in [7, 11) is 2.12. The van der Waals surface area contributed by atoms with Gasteiger partial charge in [0.1, 0.15) is 0 Å². The van der Waals surface area contributed by atoms with E-state index in [0.29, 0.717) is 0 Å². The van der Waals surface area contributed by atoms with Gasteiger partial charge in [-0.15, -0.1) is 0 Å². The van der Waals surface area contributed by atoms with E-state index in [1.807, 2.05) is 0 Å². The van der Waals surface area contributed by atoms with Crippen molar-refractivity contribution < 1.29 is 0 Å². The van der Waals surface area contributed by atoms with E-state index < -0.39 is 0 Å². The number of fused-ring (bicyclic) bond motifs is 2. The van der Waals surface area contributed by atoms with E-state index in [1.165, 1.54) is 22.5 Å². The second-order valence-electron chi connectivity index (χ2n) is 5.79. The lowest BCUT2D eigenvalue weighted by Crippen LogP contribution is -2.27. The van der Waals surface area contributed by atoms with Gasteiger partial charge < -0.3 is 4.90 Å². The molecule has 0 saturated heterocycles. The number of thiocarbonyl (C=S) groups is 1. The van der Waals surface area contributed by atoms with E-state index in [1.54, 1.807) is 0 Å². The van der Waals surface area contributed by atoms with Crippen molar-refractivity contribution in [2.24, 2.45) is 0 Å². The van der Waals surface area contributed by atoms with E-state index in [0.717, 1.165) is 11.1 Å². The number of nitrogens with zero attached hydrogens (tertiary/aromatic N) is 1. The van der Waals surface area contributed by atoms with E-state index >= 15 is 0 Å². The first-order valence-corrected chi connectivity index (χ1v) is 8.11. The fraction of sp³-hybridized carbons (Fsp3) is 0.0952. The molecular formula is C21H16NS. The summed E-state index contributed by atoms with van der Waals surface area (Å²) in [5.74, 6) is 0.206. The maximum Gasteiger partial charge on any atom is 0.0647 e. The summed E-state index contributed by atoms with van der Waals surface area (Å²) in [6.45, 7) is 0. The van der Waals surface area contributed by atoms with E-state index in [-0.39, 0.29) is 5.92 Å². The molecule has 111 valence electrons. The molecular weight excluding hydrogens is 298 g/mol. The van der Waals surface area contributed by atoms with Crippen molar-refractivity contribution in [3.05, 3.63) is 95.2 Å². The molecule has 1 aliphatic heterocycles. The molecule has 0 N–H and O–H groups in total. The van der Waals surface area contributed by atoms with Gasteiger partial charge in [-0.05, 0) is 23.3 Å². The number of hydrogen-bond donors (Lipinski definition) is 0. The Labute approximate surface area is 142 Å². The predicted molar refractivity (Wildman–Crippen MR) is 101 cm³/mol. The van der Waals surface area contributed by atoms with Crippen LogP contribution in [0.3, 0.4) is 0 Å². The lowest BCUT2D eigenvalue weighted by molar-refractivity contribution is 0.938. The number of anilines is 1. The molecule has 2 heteroatoms. The van der Waals surface area contributed by atoms with Crippen LogP contribution in [0, 0.1) is 0 Å². The molecule has 2 aromatic rings. The Hall–Kier alpha value is -2.45. The first kappa shape index (κ1) is 14.2. The Balaban J connectivity index is 1.99. The van der Waals surface area contributed by atoms with Crippen molar-refractivity contribution in [1.29, 1.82) is 0 Å². The molecule has 1 unspecified atom stereocenters. The molecule has 0 bridgehead atoms. The summed E-state index contributed by atoms with van der Waals surface area (Å²) >= 11 is 5.28. The van der Waals surface area contributed by atoms with Gasteiger partial charge in [-0.1, -0.05) is 72.9 Å². The van der Waals surface area contributed by atoms with Gasteiger partial charge in [0, 0.05) is 35.5 Å². The highest BCUT2D eigenvalue weighted by Gasteiger charge is 2.31. The molecule has 2 aliphatic rings. The van der Waals surface area contributed by atoms with Gasteiger partial charge in [0.15, 0.2) is 0 Å². The number of benzene rings is 2. The van der Waals surface area contributed by atoms with Crippen LogP contribution >= 0.6 is 12.2 Å². The Kier molecular flexibility index (Phi) is 3.47. The number of likely N-dealkylation sites (N-methyl/N-ethyl adjacent to an activating group) is 1. The lowest BCUT2D eigenvalue weighted by Gasteiger charge is -2.37. The number of rotatable bonds is 2. The molecule has 0 amide bonds. The second kappa shape index (κ2) is 5.64. The Bertz CT molecular complexity index is 858. The van der Waals surface area contributed by atoms with Gasteiger partial charge >= 0.3 is 0 Å². The molecule has 0 aromatic heterocycles. The highest BCUT2D eigenvalue weighted by Crippen LogP contribution is 2.46. The van der Waals surface area contributed by atoms with Crippen molar-refractivity contribution in [1.82, 2.24) is 0 Å². The monoisotopic (exact) mass is 314 g/mol. The van der Waals surface area contributed by atoms with Gasteiger partial charge in [0.2, 0.25) is 0 Å². The van der Waals surface area contributed by atoms with Gasteiger partial charge in [-0.3, -0.25) is 0 Å². The molecule has 1 radical (unpaired) electrons. The van der Waals surface area contributed by atoms with E-state index in [9.17, 15) is 0 Å². The van der Waals surface area contributed by atoms with Crippen LogP contribution in [-0.4, -0.2) is 12.4 Å². The number of allylic oxidation sites excluding steroid dienone is 5. The average Bonchev–Trinajstić information content (AvgIpc) is 2.63. The molecule has 1 aliphatic carbocycles. The topological polar surface area (TPSA) is 3.24 Å². The minimum atomic E-state index is 0.206. The summed E-state index contributed by atoms with van der Waals surface area (Å²) in [6.07, 6.45) is 6.54. The Morgan fingerprint density at radius 2 is 1.74 bits per heavy atom. The lowest BCUT2D eigenvalue weighted by atomic mass is 9.79. The van der Waals surface area contributed by atoms with Gasteiger partial charge in [0.25, 0.3) is 0 Å². The summed E-state index contributed by atoms with van der Waals surface area (Å²) in [6, 6.07) is 19.0. The smallest absolute Gasteiger partial charge is 0.0647 e. The Morgan fingerprint density at radius 3 is 2.52 bits per heavy atom. The van der Waals surface area contributed by atoms with Crippen molar-refractivity contribution >= 4 is 28.8 Å². The zero-order valence-corrected chi connectivity index (χ0v) is 13.7. The highest BCUT2D eigenvalue weighted by atomic mass is 32.1. The van der Waals surface area contributed by atoms with Crippen LogP contribution < -0.4 is 4.90 Å². The maximum atomic E-state index is 5.28. The summed E-state index contributed by atoms with van der Waals surface area (Å²) in [4.78, 5) is 2.25. The third-order valence-corrected chi connectivity index (χ3v) is 4.77. The zero-order chi connectivity index (χ0) is 15.8. The average molecular weight is 314 g/mol. The van der Waals surface area contributed by atoms with Crippen LogP contribution in [0.1, 0.15) is 17.0 Å². The van der Waals surface area contributed by atoms with Crippen LogP contribution in [-0.2, 0) is 0 Å². The van der Waals surface area contributed by atoms with Crippen molar-refractivity contribution in [2.45, 2.75) is 5.92 Å². The maximum absolute atomic E-state index is 5.28. The fourth-order valence-corrected chi connectivity index (χ4v) is 3.70. The number of para-hydroxylation sites is 1. The van der Waals surface area contributed by atoms with E-state index in [4.69, 9.17) is 12.2 Å². The van der Waals surface area contributed by atoms with E-state index in [2.05, 4.69) is 90.1 Å². The molecule has 1 heterocycles. The van der Waals surface area contributed by atoms with Crippen LogP contribution in [0.2, 0.25) is 0 Å². The molecule has 0 saturated carbocycles. The first-order valence-electron chi connectivity index (χ1n) is 7.70. The minimum absolute atomic E-state index is 0.206. The summed E-state index contributed by atoms with van der Waals surface area (Å²) < 4.78 is 0. The summed E-state index contributed by atoms with van der Waals surface area (Å²) in [5, 5.41) is 3.04. The number of hydrogen-bond acceptors (Lipinski definition) is 2. The molecule has 4 rings (SSSR count). The quantitative estimate of drug-likeness (QED) is 0.717. The zero-order valence-electron chi connectivity index (χ0n) is 12.9. The highest BCUT2D eigenvalue weighted by molar-refractivity contribution is 7.79. The molecule has 2 aromatic carbocycles. The van der Waals surface area contributed by atoms with Crippen molar-refractivity contribution in [3.8, 4) is 0 Å². The molecule has 1 atom stereocenters. The fourth-order valence-electron chi connectivity index (χ4n) is 3.48. The normalized spacial score (nSPS) is 19.1. The SMILES string of the molecule is CN1C2=CC=CC(c3ccccc3)C2=C([C]=S)c2ccccc21. The molecule has 0 fully saturated rings. The largest absolute Gasteiger partial charge is 0.344 e. The predicted octanol–water partition coefficient (Wildman–Crippen LogP) is 5.00. The third-order valence-electron chi connectivity index (χ3n) is 4.57. The van der Waals surface area contributed by atoms with Gasteiger partial charge in [-0.2, -0.15) is 0 Å². The van der Waals surface area contributed by atoms with Gasteiger partial charge in [0.05, 0.1) is 5.37 Å². The minimum Gasteiger partial charge on any atom is -0.344 e. The van der Waals surface area contributed by atoms with Crippen LogP contribution in [0.5, 0.6) is 0 Å². The molecule has 1 nitrogen and oxygen atoms in total. The van der Waals surface area contributed by atoms with Crippen LogP contribution in [0.25, 0.3) is 5.57 Å². The summed E-state index contributed by atoms with van der Waals surface area (Å²) in [5.41, 5.74) is 7.10. The molecule has 23 heavy (non-hydrogen) atoms. The first-order chi connectivity index (χ1) is 11.3. The standard InChI is InChI=1S/C21H16NS/c1-22-19-12-6-5-10-17(19)18(14-23)21-16(11-7-13-20(21)22)15-8-3-2-4-9-15/h2-13,16H,1H3. The Morgan fingerprint density at radius 1 is 1.00 bits per heavy atom. The van der Waals surface area contributed by atoms with Crippen molar-refractivity contribution in [2.75, 3.05) is 11.9 Å². The van der Waals surface area contributed by atoms with Crippen molar-refractivity contribution in [3.63, 3.8) is 0 Å².